The molecule has 0 radical (unpaired) electrons. The summed E-state index contributed by atoms with van der Waals surface area (Å²) in [5, 5.41) is 18.2. The number of halogens is 4. The van der Waals surface area contributed by atoms with E-state index in [1.807, 2.05) is 19.1 Å². The molecular weight excluding hydrogens is 927 g/mol. The van der Waals surface area contributed by atoms with Crippen LogP contribution in [0, 0.1) is 24.6 Å². The number of H-pyrrole nitrogens is 2. The molecule has 0 saturated heterocycles. The number of hydrogen-bond donors (Lipinski definition) is 4. The molecule has 0 unspecified atom stereocenters. The number of alkyl halides is 3. The van der Waals surface area contributed by atoms with E-state index in [9.17, 15) is 22.8 Å². The highest BCUT2D eigenvalue weighted by Crippen LogP contribution is 2.41. The molecule has 20 heteroatoms. The second-order valence-electron chi connectivity index (χ2n) is 18.1. The van der Waals surface area contributed by atoms with Gasteiger partial charge in [-0.1, -0.05) is 0 Å². The van der Waals surface area contributed by atoms with E-state index in [0.29, 0.717) is 45.6 Å². The zero-order chi connectivity index (χ0) is 49.4. The molecule has 2 aromatic carbocycles. The van der Waals surface area contributed by atoms with Crippen LogP contribution in [0.2, 0.25) is 0 Å². The fourth-order valence-electron chi connectivity index (χ4n) is 9.54. The summed E-state index contributed by atoms with van der Waals surface area (Å²) in [6, 6.07) is 13.9. The molecule has 10 rings (SSSR count). The quantitative estimate of drug-likeness (QED) is 0.0744. The van der Waals surface area contributed by atoms with Crippen LogP contribution in [0.5, 0.6) is 17.5 Å². The maximum atomic E-state index is 16.2. The van der Waals surface area contributed by atoms with Crippen LogP contribution < -0.4 is 14.2 Å². The van der Waals surface area contributed by atoms with Crippen molar-refractivity contribution >= 4 is 34.0 Å². The minimum atomic E-state index is -5.06. The fourth-order valence-corrected chi connectivity index (χ4v) is 9.54. The predicted molar refractivity (Wildman–Crippen MR) is 251 cm³/mol. The number of carboxylic acids is 2. The van der Waals surface area contributed by atoms with E-state index in [-0.39, 0.29) is 76.1 Å². The normalized spacial score (nSPS) is 18.4. The third kappa shape index (κ3) is 10.6. The Morgan fingerprint density at radius 3 is 1.79 bits per heavy atom. The average molecular weight is 972 g/mol. The highest BCUT2D eigenvalue weighted by molar-refractivity contribution is 6.03. The molecule has 0 spiro atoms. The zero-order valence-corrected chi connectivity index (χ0v) is 38.0. The summed E-state index contributed by atoms with van der Waals surface area (Å²) in [6.45, 7) is 1.87. The van der Waals surface area contributed by atoms with Crippen LogP contribution in [0.3, 0.4) is 0 Å². The van der Waals surface area contributed by atoms with Crippen LogP contribution in [-0.4, -0.2) is 85.6 Å². The number of benzene rings is 2. The number of aromatic nitrogens is 9. The second-order valence-corrected chi connectivity index (χ2v) is 18.1. The van der Waals surface area contributed by atoms with E-state index in [2.05, 4.69) is 44.6 Å². The summed E-state index contributed by atoms with van der Waals surface area (Å²) >= 11 is 0. The number of fused-ring (bicyclic) bond motifs is 2. The number of aliphatic carboxylic acids is 2. The van der Waals surface area contributed by atoms with Crippen molar-refractivity contribution in [2.75, 3.05) is 0 Å². The molecular formula is C51H45F4N9O7. The van der Waals surface area contributed by atoms with E-state index in [1.165, 1.54) is 24.5 Å². The fraction of sp³-hybridized carbons (Fsp3) is 0.314. The van der Waals surface area contributed by atoms with Gasteiger partial charge in [-0.25, -0.2) is 29.3 Å². The Bertz CT molecular complexity index is 3240. The van der Waals surface area contributed by atoms with Crippen molar-refractivity contribution in [3.8, 4) is 74.1 Å². The molecule has 364 valence electrons. The molecule has 2 aliphatic rings. The molecule has 16 nitrogen and oxygen atoms in total. The van der Waals surface area contributed by atoms with Gasteiger partial charge in [0.2, 0.25) is 11.8 Å². The van der Waals surface area contributed by atoms with Gasteiger partial charge in [0.1, 0.15) is 35.3 Å². The molecule has 0 aliphatic heterocycles. The molecule has 71 heavy (non-hydrogen) atoms. The number of rotatable bonds is 14. The maximum Gasteiger partial charge on any atom is 0.573 e. The van der Waals surface area contributed by atoms with Crippen LogP contribution in [-0.2, 0) is 9.59 Å². The number of hydrogen-bond acceptors (Lipinski definition) is 12. The van der Waals surface area contributed by atoms with Crippen LogP contribution >= 0.6 is 0 Å². The van der Waals surface area contributed by atoms with Gasteiger partial charge in [0.05, 0.1) is 45.8 Å². The monoisotopic (exact) mass is 971 g/mol. The summed E-state index contributed by atoms with van der Waals surface area (Å²) in [6.07, 6.45) is 9.14. The Balaban J connectivity index is 0.887. The molecule has 2 aliphatic carbocycles. The Morgan fingerprint density at radius 1 is 0.648 bits per heavy atom. The van der Waals surface area contributed by atoms with Gasteiger partial charge in [0, 0.05) is 77.4 Å². The molecule has 2 fully saturated rings. The van der Waals surface area contributed by atoms with Crippen molar-refractivity contribution in [2.24, 2.45) is 11.8 Å². The van der Waals surface area contributed by atoms with E-state index >= 15 is 4.39 Å². The Kier molecular flexibility index (Phi) is 12.8. The van der Waals surface area contributed by atoms with Crippen LogP contribution in [0.25, 0.3) is 78.6 Å². The number of pyridine rings is 3. The van der Waals surface area contributed by atoms with Gasteiger partial charge in [-0.2, -0.15) is 0 Å². The maximum absolute atomic E-state index is 16.2. The van der Waals surface area contributed by atoms with Gasteiger partial charge in [-0.3, -0.25) is 19.6 Å². The first-order valence-corrected chi connectivity index (χ1v) is 23.1. The largest absolute Gasteiger partial charge is 0.573 e. The standard InChI is InChI=1S/C51H45F4N9O7/c1-26-16-38(29-6-14-42(59-21-29)69-31-8-2-27(3-9-31)17-44(65)66)56-23-35(26)49-61-37-13-12-36(52)46(48(37)64-49)34-19-33(71-51(53,54)55)20-39-47(34)63-50(62-39)41-25-57-40(24-58-41)30-7-15-43(60-22-30)70-32-10-4-28(5-11-32)18-45(67)68/h6-7,12-16,19-25,27-28,31-32H,2-5,8-11,17-18H2,1H3,(H,61,64)(H,62,63)(H,65,66)(H,67,68). The van der Waals surface area contributed by atoms with Gasteiger partial charge in [-0.15, -0.1) is 13.2 Å². The summed E-state index contributed by atoms with van der Waals surface area (Å²) in [5.41, 5.74) is 4.78. The molecule has 4 N–H and O–H groups in total. The third-order valence-corrected chi connectivity index (χ3v) is 13.1. The van der Waals surface area contributed by atoms with Crippen molar-refractivity contribution in [2.45, 2.75) is 89.7 Å². The number of carboxylic acid groups (broad SMARTS) is 2. The van der Waals surface area contributed by atoms with Gasteiger partial charge in [0.25, 0.3) is 0 Å². The SMILES string of the molecule is Cc1cc(-c2ccc(OC3CCC(CC(=O)O)CC3)nc2)ncc1-c1nc2c(-c3cc(OC(F)(F)F)cc4nc(-c5cnc(-c6ccc(OC7CCC(CC(=O)O)CC7)nc6)cn5)[nH]c34)c(F)ccc2[nH]1. The number of imidazole rings is 2. The second kappa shape index (κ2) is 19.4. The Hall–Kier alpha value is -8.03. The minimum Gasteiger partial charge on any atom is -0.481 e. The molecule has 0 bridgehead atoms. The number of aryl methyl sites for hydroxylation is 1. The molecule has 2 saturated carbocycles. The van der Waals surface area contributed by atoms with E-state index < -0.39 is 29.9 Å². The van der Waals surface area contributed by atoms with Crippen LogP contribution in [0.4, 0.5) is 17.6 Å². The van der Waals surface area contributed by atoms with Crippen molar-refractivity contribution in [1.29, 1.82) is 0 Å². The minimum absolute atomic E-state index is 0.00362. The van der Waals surface area contributed by atoms with Gasteiger partial charge in [-0.05, 0) is 112 Å². The van der Waals surface area contributed by atoms with Crippen LogP contribution in [0.1, 0.15) is 69.8 Å². The van der Waals surface area contributed by atoms with E-state index in [1.54, 1.807) is 36.8 Å². The lowest BCUT2D eigenvalue weighted by Crippen LogP contribution is -2.25. The Labute approximate surface area is 402 Å². The molecule has 8 aromatic rings. The van der Waals surface area contributed by atoms with Crippen LogP contribution in [0.15, 0.2) is 85.6 Å². The third-order valence-electron chi connectivity index (χ3n) is 13.1. The first kappa shape index (κ1) is 46.7. The number of aromatic amines is 2. The topological polar surface area (TPSA) is 224 Å². The summed E-state index contributed by atoms with van der Waals surface area (Å²) in [4.78, 5) is 60.5. The van der Waals surface area contributed by atoms with Crippen molar-refractivity contribution < 1.29 is 51.6 Å². The highest BCUT2D eigenvalue weighted by Gasteiger charge is 2.33. The summed E-state index contributed by atoms with van der Waals surface area (Å²) < 4.78 is 73.9. The van der Waals surface area contributed by atoms with Crippen molar-refractivity contribution in [3.63, 3.8) is 0 Å². The van der Waals surface area contributed by atoms with E-state index in [4.69, 9.17) is 24.7 Å². The number of nitrogens with zero attached hydrogens (tertiary/aromatic N) is 7. The average Bonchev–Trinajstić information content (AvgIpc) is 3.97. The predicted octanol–water partition coefficient (Wildman–Crippen LogP) is 10.9. The smallest absolute Gasteiger partial charge is 0.481 e. The Morgan fingerprint density at radius 2 is 1.24 bits per heavy atom. The molecule has 0 amide bonds. The lowest BCUT2D eigenvalue weighted by Gasteiger charge is -2.27. The van der Waals surface area contributed by atoms with Crippen molar-refractivity contribution in [3.05, 3.63) is 97.0 Å². The highest BCUT2D eigenvalue weighted by atomic mass is 19.4. The molecule has 0 atom stereocenters. The zero-order valence-electron chi connectivity index (χ0n) is 38.0. The first-order valence-electron chi connectivity index (χ1n) is 23.1. The first-order chi connectivity index (χ1) is 34.2. The van der Waals surface area contributed by atoms with Gasteiger partial charge < -0.3 is 34.4 Å². The summed E-state index contributed by atoms with van der Waals surface area (Å²) in [5.74, 6) is -1.26. The lowest BCUT2D eigenvalue weighted by molar-refractivity contribution is -0.274. The van der Waals surface area contributed by atoms with Crippen molar-refractivity contribution in [1.82, 2.24) is 44.9 Å². The number of nitrogens with one attached hydrogen (secondary N) is 2. The van der Waals surface area contributed by atoms with E-state index in [0.717, 1.165) is 74.6 Å². The molecule has 6 heterocycles. The summed E-state index contributed by atoms with van der Waals surface area (Å²) in [7, 11) is 0. The lowest BCUT2D eigenvalue weighted by atomic mass is 9.85. The van der Waals surface area contributed by atoms with Gasteiger partial charge >= 0.3 is 18.3 Å². The van der Waals surface area contributed by atoms with Gasteiger partial charge in [0.15, 0.2) is 5.82 Å². The molecule has 6 aromatic heterocycles. The number of carbonyl (C=O) groups is 2. The number of ether oxygens (including phenoxy) is 3.